The lowest BCUT2D eigenvalue weighted by Crippen LogP contribution is -2.53. The number of carbonyl (C=O) groups is 1. The summed E-state index contributed by atoms with van der Waals surface area (Å²) in [6.45, 7) is 2.78. The van der Waals surface area contributed by atoms with E-state index in [0.29, 0.717) is 32.9 Å². The van der Waals surface area contributed by atoms with Gasteiger partial charge in [-0.15, -0.1) is 0 Å². The summed E-state index contributed by atoms with van der Waals surface area (Å²) in [4.78, 5) is 14.7. The monoisotopic (exact) mass is 276 g/mol. The molecule has 0 aromatic heterocycles. The first-order valence-electron chi connectivity index (χ1n) is 7.11. The minimum atomic E-state index is -0.118. The quantitative estimate of drug-likeness (QED) is 0.865. The molecular weight excluding hydrogens is 256 g/mol. The molecule has 1 fully saturated rings. The molecule has 1 amide bonds. The van der Waals surface area contributed by atoms with Crippen molar-refractivity contribution in [2.75, 3.05) is 32.9 Å². The van der Waals surface area contributed by atoms with Gasteiger partial charge < -0.3 is 20.1 Å². The normalized spacial score (nSPS) is 25.8. The second kappa shape index (κ2) is 5.81. The summed E-state index contributed by atoms with van der Waals surface area (Å²) in [6, 6.07) is 7.78. The first kappa shape index (κ1) is 13.4. The lowest BCUT2D eigenvalue weighted by atomic mass is 9.91. The molecule has 2 heterocycles. The van der Waals surface area contributed by atoms with Gasteiger partial charge >= 0.3 is 0 Å². The lowest BCUT2D eigenvalue weighted by Gasteiger charge is -2.38. The molecule has 20 heavy (non-hydrogen) atoms. The smallest absolute Gasteiger partial charge is 0.230 e. The summed E-state index contributed by atoms with van der Waals surface area (Å²) in [5.74, 6) is 0.862. The van der Waals surface area contributed by atoms with Crippen molar-refractivity contribution in [2.45, 2.75) is 18.4 Å². The van der Waals surface area contributed by atoms with Crippen LogP contribution in [0, 0.1) is 0 Å². The van der Waals surface area contributed by atoms with E-state index in [0.717, 1.165) is 17.7 Å². The average Bonchev–Trinajstić information content (AvgIpc) is 2.53. The molecule has 0 saturated carbocycles. The van der Waals surface area contributed by atoms with Crippen molar-refractivity contribution in [3.63, 3.8) is 0 Å². The maximum Gasteiger partial charge on any atom is 0.230 e. The molecule has 0 radical (unpaired) electrons. The fourth-order valence-corrected chi connectivity index (χ4v) is 2.94. The molecule has 2 N–H and O–H groups in total. The van der Waals surface area contributed by atoms with Crippen molar-refractivity contribution < 1.29 is 14.3 Å². The molecule has 2 aliphatic rings. The Bertz CT molecular complexity index is 492. The van der Waals surface area contributed by atoms with Gasteiger partial charge in [-0.25, -0.2) is 0 Å². The number of nitrogens with two attached hydrogens (primary N) is 1. The molecule has 108 valence electrons. The van der Waals surface area contributed by atoms with Crippen molar-refractivity contribution in [1.29, 1.82) is 0 Å². The van der Waals surface area contributed by atoms with Gasteiger partial charge in [0.15, 0.2) is 0 Å². The standard InChI is InChI=1S/C15H20N2O3/c16-9-11-10-19-8-6-17(11)15(18)13-5-7-20-14-4-2-1-3-12(13)14/h1-4,11,13H,5-10,16H2. The Kier molecular flexibility index (Phi) is 3.89. The highest BCUT2D eigenvalue weighted by molar-refractivity contribution is 5.85. The van der Waals surface area contributed by atoms with Crippen molar-refractivity contribution in [1.82, 2.24) is 4.90 Å². The number of carbonyl (C=O) groups excluding carboxylic acids is 1. The van der Waals surface area contributed by atoms with Gasteiger partial charge in [-0.3, -0.25) is 4.79 Å². The zero-order valence-corrected chi connectivity index (χ0v) is 11.5. The van der Waals surface area contributed by atoms with Crippen LogP contribution in [0.25, 0.3) is 0 Å². The Morgan fingerprint density at radius 1 is 1.35 bits per heavy atom. The molecule has 1 aromatic rings. The number of morpholine rings is 1. The van der Waals surface area contributed by atoms with E-state index >= 15 is 0 Å². The Labute approximate surface area is 118 Å². The highest BCUT2D eigenvalue weighted by atomic mass is 16.5. The fraction of sp³-hybridized carbons (Fsp3) is 0.533. The van der Waals surface area contributed by atoms with Crippen LogP contribution < -0.4 is 10.5 Å². The minimum absolute atomic E-state index is 0.00810. The van der Waals surface area contributed by atoms with Crippen molar-refractivity contribution in [3.05, 3.63) is 29.8 Å². The van der Waals surface area contributed by atoms with Crippen molar-refractivity contribution in [2.24, 2.45) is 5.73 Å². The fourth-order valence-electron chi connectivity index (χ4n) is 2.94. The Hall–Kier alpha value is -1.59. The highest BCUT2D eigenvalue weighted by Gasteiger charge is 2.34. The van der Waals surface area contributed by atoms with Crippen LogP contribution in [0.1, 0.15) is 17.9 Å². The van der Waals surface area contributed by atoms with E-state index in [1.165, 1.54) is 0 Å². The number of rotatable bonds is 2. The van der Waals surface area contributed by atoms with Crippen molar-refractivity contribution in [3.8, 4) is 5.75 Å². The first-order chi connectivity index (χ1) is 9.81. The number of benzene rings is 1. The van der Waals surface area contributed by atoms with Gasteiger partial charge in [0, 0.05) is 18.7 Å². The Balaban J connectivity index is 1.84. The number of nitrogens with zero attached hydrogens (tertiary/aromatic N) is 1. The Morgan fingerprint density at radius 2 is 2.20 bits per heavy atom. The van der Waals surface area contributed by atoms with Crippen LogP contribution in [0.4, 0.5) is 0 Å². The summed E-state index contributed by atoms with van der Waals surface area (Å²) >= 11 is 0. The number of fused-ring (bicyclic) bond motifs is 1. The molecule has 0 aliphatic carbocycles. The predicted molar refractivity (Wildman–Crippen MR) is 74.7 cm³/mol. The van der Waals surface area contributed by atoms with Crippen molar-refractivity contribution >= 4 is 5.91 Å². The molecule has 3 rings (SSSR count). The second-order valence-electron chi connectivity index (χ2n) is 5.22. The topological polar surface area (TPSA) is 64.8 Å². The second-order valence-corrected chi connectivity index (χ2v) is 5.22. The third-order valence-corrected chi connectivity index (χ3v) is 4.04. The highest BCUT2D eigenvalue weighted by Crippen LogP contribution is 2.35. The van der Waals surface area contributed by atoms with Gasteiger partial charge in [0.05, 0.1) is 31.8 Å². The van der Waals surface area contributed by atoms with E-state index in [1.807, 2.05) is 29.2 Å². The maximum atomic E-state index is 12.8. The molecule has 2 aliphatic heterocycles. The van der Waals surface area contributed by atoms with E-state index in [-0.39, 0.29) is 17.9 Å². The lowest BCUT2D eigenvalue weighted by molar-refractivity contribution is -0.141. The molecule has 5 nitrogen and oxygen atoms in total. The number of ether oxygens (including phenoxy) is 2. The van der Waals surface area contributed by atoms with Crippen LogP contribution in [0.2, 0.25) is 0 Å². The molecule has 1 aromatic carbocycles. The molecular formula is C15H20N2O3. The van der Waals surface area contributed by atoms with Gasteiger partial charge in [0.1, 0.15) is 5.75 Å². The first-order valence-corrected chi connectivity index (χ1v) is 7.11. The molecule has 2 atom stereocenters. The number of hydrogen-bond acceptors (Lipinski definition) is 4. The number of amides is 1. The third kappa shape index (κ3) is 2.39. The van der Waals surface area contributed by atoms with Crippen LogP contribution in [0.15, 0.2) is 24.3 Å². The maximum absolute atomic E-state index is 12.8. The summed E-state index contributed by atoms with van der Waals surface area (Å²) in [7, 11) is 0. The number of hydrogen-bond donors (Lipinski definition) is 1. The van der Waals surface area contributed by atoms with Crippen LogP contribution in [0.5, 0.6) is 5.75 Å². The van der Waals surface area contributed by atoms with Crippen LogP contribution in [-0.2, 0) is 9.53 Å². The molecule has 0 bridgehead atoms. The Morgan fingerprint density at radius 3 is 3.05 bits per heavy atom. The molecule has 2 unspecified atom stereocenters. The van der Waals surface area contributed by atoms with Gasteiger partial charge in [-0.2, -0.15) is 0 Å². The van der Waals surface area contributed by atoms with Gasteiger partial charge in [0.2, 0.25) is 5.91 Å². The van der Waals surface area contributed by atoms with Crippen LogP contribution >= 0.6 is 0 Å². The molecule has 0 spiro atoms. The van der Waals surface area contributed by atoms with Crippen LogP contribution in [-0.4, -0.2) is 49.8 Å². The van der Waals surface area contributed by atoms with Gasteiger partial charge in [-0.05, 0) is 12.5 Å². The summed E-state index contributed by atoms with van der Waals surface area (Å²) < 4.78 is 11.0. The van der Waals surface area contributed by atoms with Gasteiger partial charge in [-0.1, -0.05) is 18.2 Å². The molecule has 5 heteroatoms. The SMILES string of the molecule is NCC1COCCN1C(=O)C1CCOc2ccccc21. The third-order valence-electron chi connectivity index (χ3n) is 4.04. The average molecular weight is 276 g/mol. The van der Waals surface area contributed by atoms with E-state index in [4.69, 9.17) is 15.2 Å². The summed E-state index contributed by atoms with van der Waals surface area (Å²) in [5, 5.41) is 0. The minimum Gasteiger partial charge on any atom is -0.493 e. The summed E-state index contributed by atoms with van der Waals surface area (Å²) in [5.41, 5.74) is 6.75. The van der Waals surface area contributed by atoms with E-state index in [9.17, 15) is 4.79 Å². The van der Waals surface area contributed by atoms with E-state index in [2.05, 4.69) is 0 Å². The van der Waals surface area contributed by atoms with Crippen LogP contribution in [0.3, 0.4) is 0 Å². The predicted octanol–water partition coefficient (Wildman–Crippen LogP) is 0.739. The van der Waals surface area contributed by atoms with Gasteiger partial charge in [0.25, 0.3) is 0 Å². The van der Waals surface area contributed by atoms with E-state index in [1.54, 1.807) is 0 Å². The van der Waals surface area contributed by atoms with E-state index < -0.39 is 0 Å². The largest absolute Gasteiger partial charge is 0.493 e. The summed E-state index contributed by atoms with van der Waals surface area (Å²) in [6.07, 6.45) is 0.727. The molecule has 1 saturated heterocycles. The zero-order valence-electron chi connectivity index (χ0n) is 11.5. The zero-order chi connectivity index (χ0) is 13.9. The number of para-hydroxylation sites is 1.